The summed E-state index contributed by atoms with van der Waals surface area (Å²) in [4.78, 5) is 14.5. The number of aryl methyl sites for hydroxylation is 2. The summed E-state index contributed by atoms with van der Waals surface area (Å²) in [5.74, 6) is 0.344. The number of amidine groups is 1. The molecule has 3 aliphatic heterocycles. The van der Waals surface area contributed by atoms with Gasteiger partial charge >= 0.3 is 0 Å². The van der Waals surface area contributed by atoms with Gasteiger partial charge in [0.2, 0.25) is 0 Å². The van der Waals surface area contributed by atoms with Crippen molar-refractivity contribution < 1.29 is 4.39 Å². The molecule has 0 saturated carbocycles. The zero-order valence-electron chi connectivity index (χ0n) is 35.2. The van der Waals surface area contributed by atoms with Crippen LogP contribution in [0.25, 0.3) is 5.70 Å². The standard InChI is InChI=1S/C49H61ClFN5S/c1-11-32(5)45-42(53-47(48-52-21-23-57-48)54-46(45)38-20-19-37(51)28-41(38)50)30-55(10)22-17-15-13-14-16-18-35-25-36-27-44(49(7,8)9)56-29-40(31(3)4)33(6)24-43(56)39(36)26-34(35)12-2/h19-21,23-26,28-29,44,46H,3,5-6,11-18,22,27,30H2,1-2,4,7-10H3,(H,53,54)/t44?,46-/m0/s1. The van der Waals surface area contributed by atoms with Crippen LogP contribution >= 0.6 is 22.9 Å². The van der Waals surface area contributed by atoms with Gasteiger partial charge in [0.25, 0.3) is 0 Å². The van der Waals surface area contributed by atoms with E-state index in [1.807, 2.05) is 5.38 Å². The van der Waals surface area contributed by atoms with Gasteiger partial charge in [0.15, 0.2) is 10.8 Å². The Labute approximate surface area is 350 Å². The summed E-state index contributed by atoms with van der Waals surface area (Å²) in [7, 11) is 2.18. The van der Waals surface area contributed by atoms with Crippen molar-refractivity contribution in [3.63, 3.8) is 0 Å². The minimum Gasteiger partial charge on any atom is -0.343 e. The average molecular weight is 807 g/mol. The number of benzene rings is 2. The summed E-state index contributed by atoms with van der Waals surface area (Å²) in [6.07, 6.45) is 16.3. The maximum atomic E-state index is 14.1. The first-order valence-electron chi connectivity index (χ1n) is 20.7. The molecule has 302 valence electrons. The van der Waals surface area contributed by atoms with Gasteiger partial charge in [-0.05, 0) is 133 Å². The molecule has 6 rings (SSSR count). The van der Waals surface area contributed by atoms with Crippen molar-refractivity contribution in [2.24, 2.45) is 10.4 Å². The molecule has 0 bridgehead atoms. The van der Waals surface area contributed by atoms with Crippen molar-refractivity contribution >= 4 is 34.5 Å². The first kappa shape index (κ1) is 42.6. The average Bonchev–Trinajstić information content (AvgIpc) is 3.71. The van der Waals surface area contributed by atoms with Crippen molar-refractivity contribution in [2.75, 3.05) is 20.1 Å². The van der Waals surface area contributed by atoms with Gasteiger partial charge in [0, 0.05) is 57.9 Å². The third-order valence-corrected chi connectivity index (χ3v) is 12.8. The van der Waals surface area contributed by atoms with E-state index in [2.05, 4.69) is 113 Å². The van der Waals surface area contributed by atoms with Gasteiger partial charge < -0.3 is 15.1 Å². The molecule has 0 radical (unpaired) electrons. The fourth-order valence-corrected chi connectivity index (χ4v) is 9.36. The number of hydrogen-bond donors (Lipinski definition) is 1. The van der Waals surface area contributed by atoms with Crippen LogP contribution in [0, 0.1) is 11.2 Å². The molecule has 0 aliphatic carbocycles. The predicted molar refractivity (Wildman–Crippen MR) is 241 cm³/mol. The fourth-order valence-electron chi connectivity index (χ4n) is 8.50. The summed E-state index contributed by atoms with van der Waals surface area (Å²) in [6, 6.07) is 9.54. The molecule has 57 heavy (non-hydrogen) atoms. The highest BCUT2D eigenvalue weighted by molar-refractivity contribution is 7.11. The third-order valence-electron chi connectivity index (χ3n) is 11.7. The van der Waals surface area contributed by atoms with E-state index in [0.29, 0.717) is 23.4 Å². The van der Waals surface area contributed by atoms with Crippen LogP contribution in [-0.2, 0) is 19.3 Å². The van der Waals surface area contributed by atoms with E-state index >= 15 is 0 Å². The number of aromatic nitrogens is 1. The summed E-state index contributed by atoms with van der Waals surface area (Å²) in [6.45, 7) is 28.3. The van der Waals surface area contributed by atoms with Gasteiger partial charge in [-0.25, -0.2) is 9.37 Å². The smallest absolute Gasteiger partial charge is 0.163 e. The highest BCUT2D eigenvalue weighted by Crippen LogP contribution is 2.45. The van der Waals surface area contributed by atoms with E-state index in [1.54, 1.807) is 12.3 Å². The number of aliphatic imine (C=N–C) groups is 1. The topological polar surface area (TPSA) is 43.8 Å². The summed E-state index contributed by atoms with van der Waals surface area (Å²) in [5.41, 5.74) is 14.3. The number of halogens is 2. The van der Waals surface area contributed by atoms with Gasteiger partial charge in [-0.3, -0.25) is 4.99 Å². The van der Waals surface area contributed by atoms with Gasteiger partial charge in [-0.2, -0.15) is 0 Å². The normalized spacial score (nSPS) is 18.2. The van der Waals surface area contributed by atoms with Crippen LogP contribution in [0.3, 0.4) is 0 Å². The Bertz CT molecular complexity index is 2130. The van der Waals surface area contributed by atoms with E-state index in [1.165, 1.54) is 77.1 Å². The molecule has 0 spiro atoms. The zero-order valence-corrected chi connectivity index (χ0v) is 36.8. The number of thiazole rings is 1. The van der Waals surface area contributed by atoms with Crippen molar-refractivity contribution in [3.05, 3.63) is 151 Å². The predicted octanol–water partition coefficient (Wildman–Crippen LogP) is 12.6. The maximum absolute atomic E-state index is 14.1. The number of likely N-dealkylation sites (N-methyl/N-ethyl adjacent to an activating group) is 1. The molecule has 4 heterocycles. The van der Waals surface area contributed by atoms with E-state index in [0.717, 1.165) is 82.8 Å². The second-order valence-corrected chi connectivity index (χ2v) is 18.4. The first-order valence-corrected chi connectivity index (χ1v) is 22.0. The van der Waals surface area contributed by atoms with Crippen LogP contribution in [-0.4, -0.2) is 46.8 Å². The Morgan fingerprint density at radius 2 is 1.82 bits per heavy atom. The highest BCUT2D eigenvalue weighted by Gasteiger charge is 2.38. The Morgan fingerprint density at radius 3 is 2.49 bits per heavy atom. The molecule has 2 atom stereocenters. The molecular formula is C49H61ClFN5S. The Morgan fingerprint density at radius 1 is 1.07 bits per heavy atom. The number of nitrogens with one attached hydrogen (secondary N) is 1. The lowest BCUT2D eigenvalue weighted by Gasteiger charge is -2.47. The second-order valence-electron chi connectivity index (χ2n) is 17.1. The largest absolute Gasteiger partial charge is 0.343 e. The minimum atomic E-state index is -0.400. The molecule has 3 aromatic rings. The molecule has 0 amide bonds. The number of hydrogen-bond acceptors (Lipinski definition) is 6. The van der Waals surface area contributed by atoms with Crippen molar-refractivity contribution in [1.29, 1.82) is 0 Å². The fraction of sp³-hybridized carbons (Fsp3) is 0.429. The van der Waals surface area contributed by atoms with Gasteiger partial charge in [-0.15, -0.1) is 11.3 Å². The number of fused-ring (bicyclic) bond motifs is 3. The molecule has 8 heteroatoms. The van der Waals surface area contributed by atoms with Crippen LogP contribution in [0.2, 0.25) is 5.02 Å². The molecule has 2 aromatic carbocycles. The Balaban J connectivity index is 1.07. The lowest BCUT2D eigenvalue weighted by Crippen LogP contribution is -2.45. The molecule has 0 fully saturated rings. The quantitative estimate of drug-likeness (QED) is 0.146. The summed E-state index contributed by atoms with van der Waals surface area (Å²) >= 11 is 8.18. The van der Waals surface area contributed by atoms with Crippen molar-refractivity contribution in [1.82, 2.24) is 20.1 Å². The van der Waals surface area contributed by atoms with Crippen LogP contribution in [0.4, 0.5) is 4.39 Å². The van der Waals surface area contributed by atoms with E-state index in [9.17, 15) is 4.39 Å². The zero-order chi connectivity index (χ0) is 41.0. The van der Waals surface area contributed by atoms with Crippen LogP contribution in [0.5, 0.6) is 0 Å². The van der Waals surface area contributed by atoms with E-state index in [-0.39, 0.29) is 11.2 Å². The molecular weight excluding hydrogens is 745 g/mol. The van der Waals surface area contributed by atoms with Crippen LogP contribution < -0.4 is 5.32 Å². The second kappa shape index (κ2) is 18.3. The van der Waals surface area contributed by atoms with Crippen molar-refractivity contribution in [3.8, 4) is 0 Å². The summed E-state index contributed by atoms with van der Waals surface area (Å²) in [5, 5.41) is 6.74. The molecule has 1 unspecified atom stereocenters. The molecule has 1 N–H and O–H groups in total. The number of nitrogens with zero attached hydrogens (tertiary/aromatic N) is 4. The van der Waals surface area contributed by atoms with Crippen molar-refractivity contribution in [2.45, 2.75) is 111 Å². The molecule has 1 aromatic heterocycles. The highest BCUT2D eigenvalue weighted by atomic mass is 35.5. The van der Waals surface area contributed by atoms with E-state index in [4.69, 9.17) is 16.6 Å². The van der Waals surface area contributed by atoms with Crippen LogP contribution in [0.15, 0.2) is 112 Å². The van der Waals surface area contributed by atoms with E-state index < -0.39 is 6.04 Å². The molecule has 5 nitrogen and oxygen atoms in total. The van der Waals surface area contributed by atoms with Gasteiger partial charge in [0.1, 0.15) is 11.9 Å². The number of allylic oxidation sites excluding steroid dienone is 4. The summed E-state index contributed by atoms with van der Waals surface area (Å²) < 4.78 is 14.1. The SMILES string of the molecule is C=C(C)C1=CN2C(=CC1=C)c1cc(CC)c(CCCCCCCN(C)CC3=C(C(=C)CC)[C@H](c4ccc(F)cc4Cl)N=C(c4nccs4)N3)cc1CC2C(C)(C)C. The first-order chi connectivity index (χ1) is 27.2. The number of rotatable bonds is 16. The van der Waals surface area contributed by atoms with Crippen LogP contribution in [0.1, 0.15) is 119 Å². The minimum absolute atomic E-state index is 0.111. The number of unbranched alkanes of at least 4 members (excludes halogenated alkanes) is 4. The lowest BCUT2D eigenvalue weighted by molar-refractivity contribution is 0.189. The Kier molecular flexibility index (Phi) is 13.6. The third kappa shape index (κ3) is 9.64. The lowest BCUT2D eigenvalue weighted by atomic mass is 9.75. The monoisotopic (exact) mass is 805 g/mol. The molecule has 0 saturated heterocycles. The maximum Gasteiger partial charge on any atom is 0.163 e. The Hall–Kier alpha value is -4.04. The van der Waals surface area contributed by atoms with Gasteiger partial charge in [-0.1, -0.05) is 97.4 Å². The molecule has 3 aliphatic rings. The van der Waals surface area contributed by atoms with Gasteiger partial charge in [0.05, 0.1) is 0 Å².